The SMILES string of the molecule is c1ccc(-n2ccc3ccc4c(c5ccccc5n4-c4ncc5cnccc5n4)c32)cc1. The Labute approximate surface area is 183 Å². The van der Waals surface area contributed by atoms with Crippen LogP contribution in [0.15, 0.2) is 104 Å². The lowest BCUT2D eigenvalue weighted by atomic mass is 10.1. The number of fused-ring (bicyclic) bond motifs is 6. The molecule has 4 heterocycles. The van der Waals surface area contributed by atoms with Crippen LogP contribution in [0.1, 0.15) is 0 Å². The predicted molar refractivity (Wildman–Crippen MR) is 129 cm³/mol. The van der Waals surface area contributed by atoms with Crippen molar-refractivity contribution in [3.05, 3.63) is 104 Å². The van der Waals surface area contributed by atoms with Gasteiger partial charge in [0, 0.05) is 52.0 Å². The average molecular weight is 411 g/mol. The lowest BCUT2D eigenvalue weighted by molar-refractivity contribution is 1.01. The molecule has 0 N–H and O–H groups in total. The molecule has 150 valence electrons. The monoisotopic (exact) mass is 411 g/mol. The van der Waals surface area contributed by atoms with Gasteiger partial charge in [-0.2, -0.15) is 0 Å². The average Bonchev–Trinajstić information content (AvgIpc) is 3.43. The van der Waals surface area contributed by atoms with Crippen LogP contribution in [0.5, 0.6) is 0 Å². The minimum atomic E-state index is 0.659. The Morgan fingerprint density at radius 3 is 2.50 bits per heavy atom. The molecule has 3 aromatic carbocycles. The summed E-state index contributed by atoms with van der Waals surface area (Å²) in [7, 11) is 0. The third-order valence-corrected chi connectivity index (χ3v) is 6.09. The molecule has 0 aliphatic heterocycles. The van der Waals surface area contributed by atoms with Crippen molar-refractivity contribution < 1.29 is 0 Å². The van der Waals surface area contributed by atoms with E-state index in [9.17, 15) is 0 Å². The maximum Gasteiger partial charge on any atom is 0.235 e. The molecule has 7 rings (SSSR count). The van der Waals surface area contributed by atoms with Crippen molar-refractivity contribution in [3.63, 3.8) is 0 Å². The zero-order chi connectivity index (χ0) is 21.1. The quantitative estimate of drug-likeness (QED) is 0.347. The number of pyridine rings is 1. The van der Waals surface area contributed by atoms with E-state index < -0.39 is 0 Å². The van der Waals surface area contributed by atoms with Crippen LogP contribution >= 0.6 is 0 Å². The zero-order valence-electron chi connectivity index (χ0n) is 17.1. The summed E-state index contributed by atoms with van der Waals surface area (Å²) in [5.74, 6) is 0.659. The molecule has 0 aliphatic rings. The Hall–Kier alpha value is -4.51. The van der Waals surface area contributed by atoms with E-state index in [1.807, 2.05) is 18.3 Å². The summed E-state index contributed by atoms with van der Waals surface area (Å²) in [6.45, 7) is 0. The maximum atomic E-state index is 4.87. The molecule has 0 bridgehead atoms. The summed E-state index contributed by atoms with van der Waals surface area (Å²) < 4.78 is 4.42. The highest BCUT2D eigenvalue weighted by Gasteiger charge is 2.18. The van der Waals surface area contributed by atoms with E-state index in [-0.39, 0.29) is 0 Å². The summed E-state index contributed by atoms with van der Waals surface area (Å²) in [6.07, 6.45) is 7.55. The topological polar surface area (TPSA) is 48.5 Å². The van der Waals surface area contributed by atoms with Gasteiger partial charge in [0.05, 0.1) is 22.1 Å². The first-order chi connectivity index (χ1) is 15.9. The van der Waals surface area contributed by atoms with Crippen molar-refractivity contribution in [2.45, 2.75) is 0 Å². The molecule has 4 aromatic heterocycles. The number of hydrogen-bond donors (Lipinski definition) is 0. The normalized spacial score (nSPS) is 11.8. The van der Waals surface area contributed by atoms with Gasteiger partial charge in [-0.05, 0) is 36.4 Å². The fourth-order valence-electron chi connectivity index (χ4n) is 4.67. The molecule has 0 fully saturated rings. The predicted octanol–water partition coefficient (Wildman–Crippen LogP) is 6.07. The molecule has 32 heavy (non-hydrogen) atoms. The summed E-state index contributed by atoms with van der Waals surface area (Å²) in [4.78, 5) is 13.8. The number of benzene rings is 3. The van der Waals surface area contributed by atoms with Crippen molar-refractivity contribution in [1.82, 2.24) is 24.1 Å². The first-order valence-corrected chi connectivity index (χ1v) is 10.5. The van der Waals surface area contributed by atoms with Gasteiger partial charge in [-0.25, -0.2) is 9.97 Å². The highest BCUT2D eigenvalue weighted by atomic mass is 15.2. The molecule has 0 amide bonds. The van der Waals surface area contributed by atoms with Crippen molar-refractivity contribution in [1.29, 1.82) is 0 Å². The van der Waals surface area contributed by atoms with Gasteiger partial charge in [0.1, 0.15) is 0 Å². The largest absolute Gasteiger partial charge is 0.316 e. The molecule has 0 atom stereocenters. The van der Waals surface area contributed by atoms with E-state index in [2.05, 4.69) is 87.0 Å². The lowest BCUT2D eigenvalue weighted by Gasteiger charge is -2.08. The highest BCUT2D eigenvalue weighted by Crippen LogP contribution is 2.37. The molecule has 5 nitrogen and oxygen atoms in total. The van der Waals surface area contributed by atoms with E-state index in [0.717, 1.165) is 27.6 Å². The van der Waals surface area contributed by atoms with Gasteiger partial charge in [0.2, 0.25) is 5.95 Å². The third-order valence-electron chi connectivity index (χ3n) is 6.09. The molecule has 0 aliphatic carbocycles. The zero-order valence-corrected chi connectivity index (χ0v) is 17.1. The maximum absolute atomic E-state index is 4.87. The third kappa shape index (κ3) is 2.36. The fraction of sp³-hybridized carbons (Fsp3) is 0. The molecule has 0 radical (unpaired) electrons. The van der Waals surface area contributed by atoms with Gasteiger partial charge in [-0.1, -0.05) is 42.5 Å². The van der Waals surface area contributed by atoms with Gasteiger partial charge in [-0.3, -0.25) is 9.55 Å². The van der Waals surface area contributed by atoms with E-state index >= 15 is 0 Å². The lowest BCUT2D eigenvalue weighted by Crippen LogP contribution is -2.01. The Morgan fingerprint density at radius 2 is 1.56 bits per heavy atom. The first-order valence-electron chi connectivity index (χ1n) is 10.5. The van der Waals surface area contributed by atoms with Crippen LogP contribution in [0.4, 0.5) is 0 Å². The van der Waals surface area contributed by atoms with Crippen molar-refractivity contribution >= 4 is 43.6 Å². The standard InChI is InChI=1S/C27H17N5/c1-2-6-20(7-3-1)31-15-13-18-10-11-24-25(26(18)31)21-8-4-5-9-23(21)32(24)27-29-17-19-16-28-14-12-22(19)30-27/h1-17H. The second-order valence-corrected chi connectivity index (χ2v) is 7.88. The van der Waals surface area contributed by atoms with Crippen LogP contribution in [0.3, 0.4) is 0 Å². The number of para-hydroxylation sites is 2. The Bertz CT molecular complexity index is 1780. The van der Waals surface area contributed by atoms with Gasteiger partial charge in [0.15, 0.2) is 0 Å². The molecule has 5 heteroatoms. The molecule has 7 aromatic rings. The summed E-state index contributed by atoms with van der Waals surface area (Å²) >= 11 is 0. The second kappa shape index (κ2) is 6.49. The molecule has 0 unspecified atom stereocenters. The van der Waals surface area contributed by atoms with Gasteiger partial charge < -0.3 is 4.57 Å². The second-order valence-electron chi connectivity index (χ2n) is 7.88. The summed E-state index contributed by atoms with van der Waals surface area (Å²) in [5.41, 5.74) is 5.38. The number of aromatic nitrogens is 5. The van der Waals surface area contributed by atoms with Crippen LogP contribution in [0.2, 0.25) is 0 Å². The molecule has 0 saturated heterocycles. The number of nitrogens with zero attached hydrogens (tertiary/aromatic N) is 5. The van der Waals surface area contributed by atoms with Crippen molar-refractivity contribution in [3.8, 4) is 11.6 Å². The minimum absolute atomic E-state index is 0.659. The smallest absolute Gasteiger partial charge is 0.235 e. The van der Waals surface area contributed by atoms with E-state index in [4.69, 9.17) is 9.97 Å². The molecular formula is C27H17N5. The van der Waals surface area contributed by atoms with Crippen LogP contribution < -0.4 is 0 Å². The summed E-state index contributed by atoms with van der Waals surface area (Å²) in [6, 6.07) is 27.4. The molecule has 0 spiro atoms. The Balaban J connectivity index is 1.64. The van der Waals surface area contributed by atoms with Gasteiger partial charge >= 0.3 is 0 Å². The minimum Gasteiger partial charge on any atom is -0.316 e. The number of hydrogen-bond acceptors (Lipinski definition) is 3. The van der Waals surface area contributed by atoms with E-state index in [0.29, 0.717) is 5.95 Å². The van der Waals surface area contributed by atoms with Crippen molar-refractivity contribution in [2.24, 2.45) is 0 Å². The van der Waals surface area contributed by atoms with Gasteiger partial charge in [-0.15, -0.1) is 0 Å². The van der Waals surface area contributed by atoms with Gasteiger partial charge in [0.25, 0.3) is 0 Å². The van der Waals surface area contributed by atoms with Crippen LogP contribution in [0, 0.1) is 0 Å². The van der Waals surface area contributed by atoms with Crippen molar-refractivity contribution in [2.75, 3.05) is 0 Å². The van der Waals surface area contributed by atoms with Crippen LogP contribution in [0.25, 0.3) is 55.2 Å². The number of rotatable bonds is 2. The van der Waals surface area contributed by atoms with E-state index in [1.54, 1.807) is 12.4 Å². The first kappa shape index (κ1) is 17.2. The van der Waals surface area contributed by atoms with Crippen LogP contribution in [-0.4, -0.2) is 24.1 Å². The molecule has 0 saturated carbocycles. The highest BCUT2D eigenvalue weighted by molar-refractivity contribution is 6.20. The van der Waals surface area contributed by atoms with E-state index in [1.165, 1.54) is 21.7 Å². The Morgan fingerprint density at radius 1 is 0.688 bits per heavy atom. The molecular weight excluding hydrogens is 394 g/mol. The van der Waals surface area contributed by atoms with Crippen LogP contribution in [-0.2, 0) is 0 Å². The Kier molecular flexibility index (Phi) is 3.49. The summed E-state index contributed by atoms with van der Waals surface area (Å²) in [5, 5.41) is 4.51. The fourth-order valence-corrected chi connectivity index (χ4v) is 4.67.